The Hall–Kier alpha value is -2.02. The number of thiophene rings is 1. The van der Waals surface area contributed by atoms with Crippen LogP contribution in [0.3, 0.4) is 0 Å². The van der Waals surface area contributed by atoms with Crippen molar-refractivity contribution in [1.82, 2.24) is 10.1 Å². The van der Waals surface area contributed by atoms with Gasteiger partial charge in [-0.05, 0) is 36.4 Å². The van der Waals surface area contributed by atoms with Crippen molar-refractivity contribution in [2.45, 2.75) is 18.3 Å². The van der Waals surface area contributed by atoms with Gasteiger partial charge in [-0.25, -0.2) is 0 Å². The smallest absolute Gasteiger partial charge is 0.235 e. The van der Waals surface area contributed by atoms with Crippen LogP contribution in [-0.4, -0.2) is 42.1 Å². The van der Waals surface area contributed by atoms with Gasteiger partial charge in [0.1, 0.15) is 0 Å². The first kappa shape index (κ1) is 19.0. The Labute approximate surface area is 182 Å². The first-order chi connectivity index (χ1) is 14.1. The van der Waals surface area contributed by atoms with E-state index in [1.165, 1.54) is 0 Å². The van der Waals surface area contributed by atoms with Gasteiger partial charge in [0.15, 0.2) is 5.76 Å². The van der Waals surface area contributed by atoms with Crippen LogP contribution in [0.1, 0.15) is 18.5 Å². The highest BCUT2D eigenvalue weighted by Crippen LogP contribution is 2.50. The number of piperazine rings is 1. The molecule has 0 bridgehead atoms. The molecule has 1 saturated heterocycles. The molecule has 2 aliphatic rings. The van der Waals surface area contributed by atoms with E-state index in [0.29, 0.717) is 23.1 Å². The first-order valence-corrected chi connectivity index (χ1v) is 11.2. The van der Waals surface area contributed by atoms with Crippen LogP contribution in [-0.2, 0) is 10.2 Å². The van der Waals surface area contributed by atoms with Gasteiger partial charge in [-0.15, -0.1) is 11.3 Å². The average Bonchev–Trinajstić information content (AvgIpc) is 3.15. The number of hydrogen-bond acceptors (Lipinski definition) is 5. The van der Waals surface area contributed by atoms with Crippen molar-refractivity contribution in [3.8, 4) is 10.6 Å². The van der Waals surface area contributed by atoms with Crippen molar-refractivity contribution >= 4 is 46.1 Å². The van der Waals surface area contributed by atoms with Gasteiger partial charge < -0.3 is 14.3 Å². The van der Waals surface area contributed by atoms with Gasteiger partial charge in [-0.3, -0.25) is 4.79 Å². The van der Waals surface area contributed by atoms with E-state index in [0.717, 1.165) is 47.9 Å². The number of hydrogen-bond donors (Lipinski definition) is 0. The van der Waals surface area contributed by atoms with Crippen LogP contribution in [0.25, 0.3) is 10.6 Å². The number of halogens is 2. The zero-order valence-corrected chi connectivity index (χ0v) is 17.9. The van der Waals surface area contributed by atoms with Gasteiger partial charge in [0.05, 0.1) is 31.7 Å². The Balaban J connectivity index is 1.29. The van der Waals surface area contributed by atoms with Crippen molar-refractivity contribution in [1.29, 1.82) is 0 Å². The molecule has 150 valence electrons. The molecule has 0 unspecified atom stereocenters. The molecule has 1 aromatic carbocycles. The second-order valence-corrected chi connectivity index (χ2v) is 9.22. The Morgan fingerprint density at radius 2 is 1.90 bits per heavy atom. The van der Waals surface area contributed by atoms with Crippen molar-refractivity contribution in [3.63, 3.8) is 0 Å². The predicted octanol–water partition coefficient (Wildman–Crippen LogP) is 5.09. The molecule has 1 aliphatic heterocycles. The lowest BCUT2D eigenvalue weighted by Gasteiger charge is -2.37. The predicted molar refractivity (Wildman–Crippen MR) is 116 cm³/mol. The fraction of sp³-hybridized carbons (Fsp3) is 0.333. The van der Waals surface area contributed by atoms with Crippen LogP contribution in [0, 0.1) is 0 Å². The molecule has 0 radical (unpaired) electrons. The lowest BCUT2D eigenvalue weighted by atomic mass is 9.99. The van der Waals surface area contributed by atoms with Crippen molar-refractivity contribution in [3.05, 3.63) is 57.5 Å². The topological polar surface area (TPSA) is 49.6 Å². The van der Waals surface area contributed by atoms with Crippen LogP contribution >= 0.6 is 34.5 Å². The van der Waals surface area contributed by atoms with Crippen LogP contribution in [0.4, 0.5) is 5.69 Å². The number of carbonyl (C=O) groups excluding carboxylic acids is 1. The van der Waals surface area contributed by atoms with E-state index in [9.17, 15) is 4.79 Å². The molecule has 0 spiro atoms. The highest BCUT2D eigenvalue weighted by molar-refractivity contribution is 7.13. The maximum Gasteiger partial charge on any atom is 0.235 e. The van der Waals surface area contributed by atoms with E-state index < -0.39 is 5.41 Å². The Morgan fingerprint density at radius 1 is 1.10 bits per heavy atom. The zero-order valence-electron chi connectivity index (χ0n) is 15.6. The molecule has 1 saturated carbocycles. The summed E-state index contributed by atoms with van der Waals surface area (Å²) >= 11 is 14.1. The zero-order chi connectivity index (χ0) is 20.0. The minimum absolute atomic E-state index is 0.153. The number of rotatable bonds is 4. The van der Waals surface area contributed by atoms with E-state index in [1.54, 1.807) is 17.4 Å². The molecule has 2 fully saturated rings. The minimum Gasteiger partial charge on any atom is -0.367 e. The molecule has 1 amide bonds. The number of benzene rings is 1. The lowest BCUT2D eigenvalue weighted by Crippen LogP contribution is -2.51. The van der Waals surface area contributed by atoms with E-state index in [-0.39, 0.29) is 5.91 Å². The first-order valence-electron chi connectivity index (χ1n) is 9.58. The molecule has 5 rings (SSSR count). The Morgan fingerprint density at radius 3 is 2.59 bits per heavy atom. The quantitative estimate of drug-likeness (QED) is 0.558. The second kappa shape index (κ2) is 7.35. The fourth-order valence-electron chi connectivity index (χ4n) is 3.93. The van der Waals surface area contributed by atoms with Gasteiger partial charge in [0.25, 0.3) is 0 Å². The molecular weight excluding hydrogens is 429 g/mol. The fourth-order valence-corrected chi connectivity index (χ4v) is 5.02. The minimum atomic E-state index is -0.519. The molecule has 0 N–H and O–H groups in total. The highest BCUT2D eigenvalue weighted by Gasteiger charge is 2.55. The average molecular weight is 448 g/mol. The lowest BCUT2D eigenvalue weighted by molar-refractivity contribution is -0.134. The molecule has 3 aromatic rings. The molecule has 5 nitrogen and oxygen atoms in total. The van der Waals surface area contributed by atoms with Crippen molar-refractivity contribution in [2.24, 2.45) is 0 Å². The number of nitrogens with zero attached hydrogens (tertiary/aromatic N) is 3. The highest BCUT2D eigenvalue weighted by atomic mass is 35.5. The summed E-state index contributed by atoms with van der Waals surface area (Å²) in [6.45, 7) is 2.75. The summed E-state index contributed by atoms with van der Waals surface area (Å²) in [5.41, 5.74) is 1.16. The third kappa shape index (κ3) is 3.33. The third-order valence-corrected chi connectivity index (χ3v) is 7.46. The SMILES string of the molecule is O=C(N1CCN(c2cccc(Cl)c2Cl)CC1)C1(c2cc(-c3cccs3)on2)CC1. The summed E-state index contributed by atoms with van der Waals surface area (Å²) in [5.74, 6) is 0.884. The second-order valence-electron chi connectivity index (χ2n) is 7.49. The van der Waals surface area contributed by atoms with Gasteiger partial charge in [0.2, 0.25) is 5.91 Å². The number of carbonyl (C=O) groups is 1. The molecule has 1 aliphatic carbocycles. The summed E-state index contributed by atoms with van der Waals surface area (Å²) in [4.78, 5) is 18.5. The Kier molecular flexibility index (Phi) is 4.81. The van der Waals surface area contributed by atoms with Crippen LogP contribution in [0.15, 0.2) is 46.3 Å². The summed E-state index contributed by atoms with van der Waals surface area (Å²) < 4.78 is 5.53. The maximum atomic E-state index is 13.3. The molecule has 3 heterocycles. The van der Waals surface area contributed by atoms with Crippen LogP contribution in [0.5, 0.6) is 0 Å². The van der Waals surface area contributed by atoms with E-state index >= 15 is 0 Å². The largest absolute Gasteiger partial charge is 0.367 e. The van der Waals surface area contributed by atoms with Gasteiger partial charge in [-0.1, -0.05) is 40.5 Å². The normalized spacial score (nSPS) is 18.1. The maximum absolute atomic E-state index is 13.3. The molecular formula is C21H19Cl2N3O2S. The van der Waals surface area contributed by atoms with E-state index in [1.807, 2.05) is 40.6 Å². The number of amides is 1. The number of anilines is 1. The monoisotopic (exact) mass is 447 g/mol. The van der Waals surface area contributed by atoms with E-state index in [4.69, 9.17) is 27.7 Å². The summed E-state index contributed by atoms with van der Waals surface area (Å²) in [5, 5.41) is 7.36. The Bertz CT molecular complexity index is 1040. The van der Waals surface area contributed by atoms with Crippen LogP contribution < -0.4 is 4.90 Å². The molecule has 0 atom stereocenters. The van der Waals surface area contributed by atoms with E-state index in [2.05, 4.69) is 10.1 Å². The van der Waals surface area contributed by atoms with Gasteiger partial charge in [-0.2, -0.15) is 0 Å². The van der Waals surface area contributed by atoms with Gasteiger partial charge >= 0.3 is 0 Å². The summed E-state index contributed by atoms with van der Waals surface area (Å²) in [6, 6.07) is 11.6. The summed E-state index contributed by atoms with van der Waals surface area (Å²) in [6.07, 6.45) is 1.64. The third-order valence-electron chi connectivity index (χ3n) is 5.76. The van der Waals surface area contributed by atoms with Crippen molar-refractivity contribution < 1.29 is 9.32 Å². The molecule has 8 heteroatoms. The molecule has 29 heavy (non-hydrogen) atoms. The molecule has 2 aromatic heterocycles. The number of aromatic nitrogens is 1. The standard InChI is InChI=1S/C21H19Cl2N3O2S/c22-14-3-1-4-15(19(14)23)25-8-10-26(11-9-25)20(27)21(6-7-21)18-13-16(28-24-18)17-5-2-12-29-17/h1-5,12-13H,6-11H2. The van der Waals surface area contributed by atoms with Crippen molar-refractivity contribution in [2.75, 3.05) is 31.1 Å². The van der Waals surface area contributed by atoms with Crippen LogP contribution in [0.2, 0.25) is 10.0 Å². The van der Waals surface area contributed by atoms with Gasteiger partial charge in [0, 0.05) is 32.2 Å². The summed E-state index contributed by atoms with van der Waals surface area (Å²) in [7, 11) is 0.